The molecule has 166 valence electrons. The van der Waals surface area contributed by atoms with Crippen molar-refractivity contribution in [3.63, 3.8) is 0 Å². The summed E-state index contributed by atoms with van der Waals surface area (Å²) in [6, 6.07) is 27.9. The van der Waals surface area contributed by atoms with Crippen LogP contribution in [0, 0.1) is 0 Å². The summed E-state index contributed by atoms with van der Waals surface area (Å²) in [5.74, 6) is -0.167. The predicted molar refractivity (Wildman–Crippen MR) is 133 cm³/mol. The molecule has 0 spiro atoms. The van der Waals surface area contributed by atoms with Crippen LogP contribution in [0.3, 0.4) is 0 Å². The molecule has 1 saturated heterocycles. The number of likely N-dealkylation sites (tertiary alicyclic amines) is 1. The lowest BCUT2D eigenvalue weighted by Crippen LogP contribution is -2.29. The van der Waals surface area contributed by atoms with Crippen LogP contribution in [0.1, 0.15) is 35.2 Å². The van der Waals surface area contributed by atoms with Crippen LogP contribution >= 0.6 is 0 Å². The highest BCUT2D eigenvalue weighted by Crippen LogP contribution is 2.25. The second kappa shape index (κ2) is 9.84. The second-order valence-corrected chi connectivity index (χ2v) is 8.53. The van der Waals surface area contributed by atoms with Gasteiger partial charge in [-0.3, -0.25) is 9.69 Å². The van der Waals surface area contributed by atoms with Gasteiger partial charge in [0.25, 0.3) is 5.91 Å². The number of rotatable bonds is 6. The number of hydrogen-bond donors (Lipinski definition) is 1. The monoisotopic (exact) mass is 436 g/mol. The molecule has 33 heavy (non-hydrogen) atoms. The smallest absolute Gasteiger partial charge is 0.259 e. The minimum atomic E-state index is -0.167. The molecule has 3 aromatic carbocycles. The van der Waals surface area contributed by atoms with Crippen molar-refractivity contribution in [3.8, 4) is 16.9 Å². The number of hydrogen-bond acceptors (Lipinski definition) is 3. The molecule has 0 bridgehead atoms. The summed E-state index contributed by atoms with van der Waals surface area (Å²) >= 11 is 0. The van der Waals surface area contributed by atoms with Gasteiger partial charge in [-0.2, -0.15) is 5.10 Å². The molecule has 0 radical (unpaired) electrons. The van der Waals surface area contributed by atoms with Crippen LogP contribution in [-0.2, 0) is 6.54 Å². The van der Waals surface area contributed by atoms with E-state index in [1.54, 1.807) is 10.9 Å². The number of amides is 1. The van der Waals surface area contributed by atoms with Crippen LogP contribution in [-0.4, -0.2) is 33.7 Å². The van der Waals surface area contributed by atoms with E-state index >= 15 is 0 Å². The van der Waals surface area contributed by atoms with Crippen LogP contribution in [0.4, 0.5) is 5.69 Å². The quantitative estimate of drug-likeness (QED) is 0.417. The highest BCUT2D eigenvalue weighted by atomic mass is 16.1. The van der Waals surface area contributed by atoms with E-state index in [1.165, 1.54) is 37.9 Å². The summed E-state index contributed by atoms with van der Waals surface area (Å²) in [6.07, 6.45) is 5.72. The lowest BCUT2D eigenvalue weighted by atomic mass is 10.1. The van der Waals surface area contributed by atoms with Gasteiger partial charge in [-0.05, 0) is 55.8 Å². The molecule has 4 aromatic rings. The van der Waals surface area contributed by atoms with E-state index in [4.69, 9.17) is 5.10 Å². The minimum absolute atomic E-state index is 0.167. The zero-order valence-corrected chi connectivity index (χ0v) is 18.7. The Labute approximate surface area is 194 Å². The Kier molecular flexibility index (Phi) is 6.31. The second-order valence-electron chi connectivity index (χ2n) is 8.53. The van der Waals surface area contributed by atoms with Crippen molar-refractivity contribution in [2.75, 3.05) is 18.4 Å². The molecule has 1 aliphatic rings. The van der Waals surface area contributed by atoms with Crippen molar-refractivity contribution in [1.29, 1.82) is 0 Å². The van der Waals surface area contributed by atoms with E-state index in [-0.39, 0.29) is 5.91 Å². The summed E-state index contributed by atoms with van der Waals surface area (Å²) < 4.78 is 1.76. The number of benzene rings is 3. The number of carbonyl (C=O) groups is 1. The van der Waals surface area contributed by atoms with Crippen LogP contribution < -0.4 is 5.32 Å². The van der Waals surface area contributed by atoms with Gasteiger partial charge in [-0.15, -0.1) is 0 Å². The SMILES string of the molecule is O=C(Nc1ccc(CN2CCCCC2)cc1)c1cn(-c2ccccc2)nc1-c1ccccc1. The largest absolute Gasteiger partial charge is 0.322 e. The van der Waals surface area contributed by atoms with E-state index in [0.717, 1.165) is 23.5 Å². The van der Waals surface area contributed by atoms with E-state index < -0.39 is 0 Å². The lowest BCUT2D eigenvalue weighted by Gasteiger charge is -2.26. The van der Waals surface area contributed by atoms with Crippen LogP contribution in [0.2, 0.25) is 0 Å². The van der Waals surface area contributed by atoms with Crippen molar-refractivity contribution in [3.05, 3.63) is 102 Å². The molecule has 5 nitrogen and oxygen atoms in total. The average Bonchev–Trinajstić information content (AvgIpc) is 3.33. The maximum atomic E-state index is 13.3. The molecular weight excluding hydrogens is 408 g/mol. The van der Waals surface area contributed by atoms with Crippen LogP contribution in [0.15, 0.2) is 91.1 Å². The summed E-state index contributed by atoms with van der Waals surface area (Å²) in [5.41, 5.74) is 5.09. The molecule has 0 aliphatic carbocycles. The first-order valence-electron chi connectivity index (χ1n) is 11.6. The number of piperidine rings is 1. The van der Waals surface area contributed by atoms with Gasteiger partial charge in [-0.25, -0.2) is 4.68 Å². The zero-order valence-electron chi connectivity index (χ0n) is 18.7. The molecule has 0 atom stereocenters. The molecule has 5 heteroatoms. The summed E-state index contributed by atoms with van der Waals surface area (Å²) in [4.78, 5) is 15.8. The molecule has 0 unspecified atom stereocenters. The standard InChI is InChI=1S/C28H28N4O/c33-28(29-24-16-14-22(15-17-24)20-31-18-8-3-9-19-31)26-21-32(25-12-6-2-7-13-25)30-27(26)23-10-4-1-5-11-23/h1-2,4-7,10-17,21H,3,8-9,18-20H2,(H,29,33). The Balaban J connectivity index is 1.37. The van der Waals surface area contributed by atoms with Gasteiger partial charge < -0.3 is 5.32 Å². The van der Waals surface area contributed by atoms with Gasteiger partial charge in [0.2, 0.25) is 0 Å². The fourth-order valence-corrected chi connectivity index (χ4v) is 4.33. The topological polar surface area (TPSA) is 50.2 Å². The third kappa shape index (κ3) is 5.04. The summed E-state index contributed by atoms with van der Waals surface area (Å²) in [5, 5.41) is 7.80. The van der Waals surface area contributed by atoms with Gasteiger partial charge in [0.15, 0.2) is 0 Å². The zero-order chi connectivity index (χ0) is 22.5. The average molecular weight is 437 g/mol. The Morgan fingerprint density at radius 2 is 1.48 bits per heavy atom. The van der Waals surface area contributed by atoms with Crippen LogP contribution in [0.25, 0.3) is 16.9 Å². The molecule has 1 aliphatic heterocycles. The first kappa shape index (κ1) is 21.2. The number of nitrogens with one attached hydrogen (secondary N) is 1. The summed E-state index contributed by atoms with van der Waals surface area (Å²) in [7, 11) is 0. The van der Waals surface area contributed by atoms with E-state index in [2.05, 4.69) is 22.3 Å². The first-order chi connectivity index (χ1) is 16.3. The molecule has 0 saturated carbocycles. The highest BCUT2D eigenvalue weighted by Gasteiger charge is 2.19. The molecule has 1 aromatic heterocycles. The molecule has 1 fully saturated rings. The maximum Gasteiger partial charge on any atom is 0.259 e. The fraction of sp³-hybridized carbons (Fsp3) is 0.214. The van der Waals surface area contributed by atoms with Gasteiger partial charge >= 0.3 is 0 Å². The van der Waals surface area contributed by atoms with Crippen molar-refractivity contribution in [1.82, 2.24) is 14.7 Å². The van der Waals surface area contributed by atoms with Crippen molar-refractivity contribution in [2.45, 2.75) is 25.8 Å². The first-order valence-corrected chi connectivity index (χ1v) is 11.6. The maximum absolute atomic E-state index is 13.3. The van der Waals surface area contributed by atoms with Crippen molar-refractivity contribution in [2.24, 2.45) is 0 Å². The number of aromatic nitrogens is 2. The lowest BCUT2D eigenvalue weighted by molar-refractivity contribution is 0.102. The molecule has 2 heterocycles. The third-order valence-corrected chi connectivity index (χ3v) is 6.09. The molecular formula is C28H28N4O. The van der Waals surface area contributed by atoms with Crippen molar-refractivity contribution < 1.29 is 4.79 Å². The number of anilines is 1. The molecule has 1 N–H and O–H groups in total. The Hall–Kier alpha value is -3.70. The van der Waals surface area contributed by atoms with Gasteiger partial charge in [-0.1, -0.05) is 67.1 Å². The number of nitrogens with zero attached hydrogens (tertiary/aromatic N) is 3. The third-order valence-electron chi connectivity index (χ3n) is 6.09. The Morgan fingerprint density at radius 1 is 0.818 bits per heavy atom. The van der Waals surface area contributed by atoms with Gasteiger partial charge in [0.1, 0.15) is 5.69 Å². The van der Waals surface area contributed by atoms with E-state index in [0.29, 0.717) is 11.3 Å². The van der Waals surface area contributed by atoms with Gasteiger partial charge in [0, 0.05) is 24.0 Å². The Bertz CT molecular complexity index is 1190. The normalized spacial score (nSPS) is 14.2. The predicted octanol–water partition coefficient (Wildman–Crippen LogP) is 5.78. The van der Waals surface area contributed by atoms with Crippen molar-refractivity contribution >= 4 is 11.6 Å². The highest BCUT2D eigenvalue weighted by molar-refractivity contribution is 6.08. The fourth-order valence-electron chi connectivity index (χ4n) is 4.33. The van der Waals surface area contributed by atoms with Gasteiger partial charge in [0.05, 0.1) is 11.3 Å². The Morgan fingerprint density at radius 3 is 2.18 bits per heavy atom. The van der Waals surface area contributed by atoms with Crippen LogP contribution in [0.5, 0.6) is 0 Å². The minimum Gasteiger partial charge on any atom is -0.322 e. The molecule has 1 amide bonds. The van der Waals surface area contributed by atoms with E-state index in [9.17, 15) is 4.79 Å². The molecule has 5 rings (SSSR count). The number of para-hydroxylation sites is 1. The van der Waals surface area contributed by atoms with E-state index in [1.807, 2.05) is 72.8 Å². The summed E-state index contributed by atoms with van der Waals surface area (Å²) in [6.45, 7) is 3.31. The number of carbonyl (C=O) groups excluding carboxylic acids is 1.